The molecule has 0 bridgehead atoms. The van der Waals surface area contributed by atoms with Crippen molar-refractivity contribution in [2.75, 3.05) is 0 Å². The van der Waals surface area contributed by atoms with Gasteiger partial charge in [0.15, 0.2) is 0 Å². The molecule has 3 rings (SSSR count). The molecule has 0 unspecified atom stereocenters. The smallest absolute Gasteiger partial charge is 0.251 e. The van der Waals surface area contributed by atoms with Crippen LogP contribution in [0.2, 0.25) is 0 Å². The fourth-order valence-corrected chi connectivity index (χ4v) is 4.27. The number of sulfonamides is 1. The molecule has 1 saturated carbocycles. The van der Waals surface area contributed by atoms with E-state index in [1.165, 1.54) is 12.1 Å². The normalized spacial score (nSPS) is 15.2. The predicted octanol–water partition coefficient (Wildman–Crippen LogP) is 2.23. The van der Waals surface area contributed by atoms with Crippen LogP contribution in [0.25, 0.3) is 0 Å². The van der Waals surface area contributed by atoms with Gasteiger partial charge in [-0.3, -0.25) is 9.78 Å². The highest BCUT2D eigenvalue weighted by Gasteiger charge is 2.23. The number of nitrogens with zero attached hydrogens (tertiary/aromatic N) is 1. The van der Waals surface area contributed by atoms with Crippen LogP contribution in [0.5, 0.6) is 0 Å². The Labute approximate surface area is 147 Å². The van der Waals surface area contributed by atoms with E-state index >= 15 is 0 Å². The highest BCUT2D eigenvalue weighted by molar-refractivity contribution is 7.89. The topological polar surface area (TPSA) is 88.2 Å². The minimum Gasteiger partial charge on any atom is -0.348 e. The zero-order valence-electron chi connectivity index (χ0n) is 13.8. The zero-order valence-corrected chi connectivity index (χ0v) is 14.6. The van der Waals surface area contributed by atoms with Crippen molar-refractivity contribution in [1.29, 1.82) is 0 Å². The Morgan fingerprint density at radius 2 is 1.84 bits per heavy atom. The summed E-state index contributed by atoms with van der Waals surface area (Å²) in [5.74, 6) is -0.310. The summed E-state index contributed by atoms with van der Waals surface area (Å²) < 4.78 is 27.7. The highest BCUT2D eigenvalue weighted by Crippen LogP contribution is 2.20. The van der Waals surface area contributed by atoms with Crippen molar-refractivity contribution in [2.24, 2.45) is 0 Å². The quantitative estimate of drug-likeness (QED) is 0.828. The first kappa shape index (κ1) is 17.6. The molecule has 25 heavy (non-hydrogen) atoms. The monoisotopic (exact) mass is 359 g/mol. The average molecular weight is 359 g/mol. The third-order valence-electron chi connectivity index (χ3n) is 4.29. The fraction of sp³-hybridized carbons (Fsp3) is 0.333. The molecule has 0 saturated heterocycles. The van der Waals surface area contributed by atoms with Gasteiger partial charge in [0.05, 0.1) is 4.90 Å². The van der Waals surface area contributed by atoms with Gasteiger partial charge < -0.3 is 5.32 Å². The second-order valence-electron chi connectivity index (χ2n) is 6.17. The summed E-state index contributed by atoms with van der Waals surface area (Å²) in [6.45, 7) is 0.360. The summed E-state index contributed by atoms with van der Waals surface area (Å²) in [5.41, 5.74) is 1.25. The SMILES string of the molecule is O=C(NCc1ccncc1)c1cccc(S(=O)(=O)NC2CCCC2)c1. The number of aromatic nitrogens is 1. The van der Waals surface area contributed by atoms with Crippen LogP contribution in [-0.4, -0.2) is 25.4 Å². The van der Waals surface area contributed by atoms with Crippen molar-refractivity contribution in [3.63, 3.8) is 0 Å². The van der Waals surface area contributed by atoms with Gasteiger partial charge in [-0.1, -0.05) is 18.9 Å². The largest absolute Gasteiger partial charge is 0.348 e. The van der Waals surface area contributed by atoms with E-state index in [1.807, 2.05) is 12.1 Å². The van der Waals surface area contributed by atoms with Crippen molar-refractivity contribution in [3.05, 3.63) is 59.9 Å². The molecule has 132 valence electrons. The molecular formula is C18H21N3O3S. The molecule has 1 fully saturated rings. The second kappa shape index (κ2) is 7.76. The van der Waals surface area contributed by atoms with Gasteiger partial charge in [-0.15, -0.1) is 0 Å². The van der Waals surface area contributed by atoms with Gasteiger partial charge in [-0.05, 0) is 48.7 Å². The molecule has 1 heterocycles. The van der Waals surface area contributed by atoms with E-state index in [0.29, 0.717) is 12.1 Å². The van der Waals surface area contributed by atoms with Gasteiger partial charge in [0.2, 0.25) is 10.0 Å². The minimum atomic E-state index is -3.61. The van der Waals surface area contributed by atoms with Gasteiger partial charge in [0.25, 0.3) is 5.91 Å². The Hall–Kier alpha value is -2.25. The summed E-state index contributed by atoms with van der Waals surface area (Å²) in [5, 5.41) is 2.79. The molecule has 0 radical (unpaired) electrons. The molecule has 7 heteroatoms. The van der Waals surface area contributed by atoms with Gasteiger partial charge in [-0.2, -0.15) is 0 Å². The van der Waals surface area contributed by atoms with Crippen LogP contribution in [-0.2, 0) is 16.6 Å². The Kier molecular flexibility index (Phi) is 5.45. The Bertz CT molecular complexity index is 832. The average Bonchev–Trinajstić information content (AvgIpc) is 3.13. The van der Waals surface area contributed by atoms with E-state index in [9.17, 15) is 13.2 Å². The minimum absolute atomic E-state index is 0.00540. The standard InChI is InChI=1S/C18H21N3O3S/c22-18(20-13-14-8-10-19-11-9-14)15-4-3-7-17(12-15)25(23,24)21-16-5-1-2-6-16/h3-4,7-12,16,21H,1-2,5-6,13H2,(H,20,22). The van der Waals surface area contributed by atoms with Crippen molar-refractivity contribution in [1.82, 2.24) is 15.0 Å². The van der Waals surface area contributed by atoms with Crippen molar-refractivity contribution >= 4 is 15.9 Å². The van der Waals surface area contributed by atoms with E-state index in [2.05, 4.69) is 15.0 Å². The molecule has 0 spiro atoms. The van der Waals surface area contributed by atoms with Crippen molar-refractivity contribution < 1.29 is 13.2 Å². The van der Waals surface area contributed by atoms with Gasteiger partial charge in [-0.25, -0.2) is 13.1 Å². The molecule has 0 aliphatic heterocycles. The summed E-state index contributed by atoms with van der Waals surface area (Å²) in [6.07, 6.45) is 7.14. The summed E-state index contributed by atoms with van der Waals surface area (Å²) in [7, 11) is -3.61. The van der Waals surface area contributed by atoms with Crippen molar-refractivity contribution in [2.45, 2.75) is 43.2 Å². The lowest BCUT2D eigenvalue weighted by Crippen LogP contribution is -2.32. The first-order chi connectivity index (χ1) is 12.0. The molecule has 1 aliphatic carbocycles. The molecule has 1 aromatic heterocycles. The molecule has 0 atom stereocenters. The van der Waals surface area contributed by atoms with E-state index in [1.54, 1.807) is 24.5 Å². The van der Waals surface area contributed by atoms with Crippen LogP contribution < -0.4 is 10.0 Å². The van der Waals surface area contributed by atoms with Gasteiger partial charge >= 0.3 is 0 Å². The second-order valence-corrected chi connectivity index (χ2v) is 7.88. The van der Waals surface area contributed by atoms with Crippen LogP contribution in [0.15, 0.2) is 53.7 Å². The Morgan fingerprint density at radius 1 is 1.12 bits per heavy atom. The molecule has 6 nitrogen and oxygen atoms in total. The maximum Gasteiger partial charge on any atom is 0.251 e. The van der Waals surface area contributed by atoms with Gasteiger partial charge in [0, 0.05) is 30.5 Å². The molecular weight excluding hydrogens is 338 g/mol. The number of pyridine rings is 1. The van der Waals surface area contributed by atoms with Crippen LogP contribution in [0.1, 0.15) is 41.6 Å². The number of carbonyl (C=O) groups is 1. The summed E-state index contributed by atoms with van der Waals surface area (Å²) in [6, 6.07) is 9.74. The molecule has 2 N–H and O–H groups in total. The highest BCUT2D eigenvalue weighted by atomic mass is 32.2. The van der Waals surface area contributed by atoms with E-state index < -0.39 is 10.0 Å². The number of nitrogens with one attached hydrogen (secondary N) is 2. The predicted molar refractivity (Wildman–Crippen MR) is 94.4 cm³/mol. The number of hydrogen-bond donors (Lipinski definition) is 2. The number of amides is 1. The third kappa shape index (κ3) is 4.64. The molecule has 1 aromatic carbocycles. The lowest BCUT2D eigenvalue weighted by molar-refractivity contribution is 0.0950. The van der Waals surface area contributed by atoms with Gasteiger partial charge in [0.1, 0.15) is 0 Å². The van der Waals surface area contributed by atoms with Crippen LogP contribution >= 0.6 is 0 Å². The fourth-order valence-electron chi connectivity index (χ4n) is 2.92. The number of benzene rings is 1. The Balaban J connectivity index is 1.68. The summed E-state index contributed by atoms with van der Waals surface area (Å²) in [4.78, 5) is 16.3. The summed E-state index contributed by atoms with van der Waals surface area (Å²) >= 11 is 0. The lowest BCUT2D eigenvalue weighted by atomic mass is 10.2. The third-order valence-corrected chi connectivity index (χ3v) is 5.80. The molecule has 1 aliphatic rings. The number of hydrogen-bond acceptors (Lipinski definition) is 4. The molecule has 2 aromatic rings. The van der Waals surface area contributed by atoms with Crippen LogP contribution in [0.3, 0.4) is 0 Å². The first-order valence-electron chi connectivity index (χ1n) is 8.34. The Morgan fingerprint density at radius 3 is 2.56 bits per heavy atom. The maximum absolute atomic E-state index is 12.5. The zero-order chi connectivity index (χ0) is 17.7. The van der Waals surface area contributed by atoms with Crippen LogP contribution in [0.4, 0.5) is 0 Å². The lowest BCUT2D eigenvalue weighted by Gasteiger charge is -2.13. The molecule has 1 amide bonds. The van der Waals surface area contributed by atoms with E-state index in [0.717, 1.165) is 31.2 Å². The number of rotatable bonds is 6. The van der Waals surface area contributed by atoms with Crippen LogP contribution in [0, 0.1) is 0 Å². The first-order valence-corrected chi connectivity index (χ1v) is 9.82. The van der Waals surface area contributed by atoms with E-state index in [-0.39, 0.29) is 16.8 Å². The van der Waals surface area contributed by atoms with E-state index in [4.69, 9.17) is 0 Å². The maximum atomic E-state index is 12.5. The number of carbonyl (C=O) groups excluding carboxylic acids is 1. The van der Waals surface area contributed by atoms with Crippen molar-refractivity contribution in [3.8, 4) is 0 Å².